The molecule has 5 nitrogen and oxygen atoms in total. The molecule has 0 atom stereocenters. The van der Waals surface area contributed by atoms with E-state index in [1.807, 2.05) is 13.1 Å². The number of hydrogen-bond acceptors (Lipinski definition) is 3. The minimum Gasteiger partial charge on any atom is -0.289 e. The van der Waals surface area contributed by atoms with E-state index in [0.717, 1.165) is 5.69 Å². The van der Waals surface area contributed by atoms with Crippen molar-refractivity contribution in [2.75, 3.05) is 0 Å². The minimum atomic E-state index is -0.208. The van der Waals surface area contributed by atoms with Gasteiger partial charge in [0.15, 0.2) is 5.82 Å². The van der Waals surface area contributed by atoms with E-state index in [1.165, 1.54) is 6.07 Å². The van der Waals surface area contributed by atoms with Crippen molar-refractivity contribution < 1.29 is 0 Å². The van der Waals surface area contributed by atoms with Crippen LogP contribution in [0.2, 0.25) is 0 Å². The monoisotopic (exact) mass is 176 g/mol. The van der Waals surface area contributed by atoms with Gasteiger partial charge < -0.3 is 0 Å². The minimum absolute atomic E-state index is 0.208. The van der Waals surface area contributed by atoms with Crippen molar-refractivity contribution in [3.8, 4) is 5.82 Å². The van der Waals surface area contributed by atoms with Crippen molar-refractivity contribution in [3.63, 3.8) is 0 Å². The van der Waals surface area contributed by atoms with E-state index in [9.17, 15) is 4.79 Å². The van der Waals surface area contributed by atoms with Gasteiger partial charge in [-0.05, 0) is 13.0 Å². The Balaban J connectivity index is 2.47. The van der Waals surface area contributed by atoms with Gasteiger partial charge in [-0.2, -0.15) is 5.10 Å². The molecule has 0 unspecified atom stereocenters. The van der Waals surface area contributed by atoms with Crippen LogP contribution >= 0.6 is 0 Å². The summed E-state index contributed by atoms with van der Waals surface area (Å²) in [7, 11) is 0. The van der Waals surface area contributed by atoms with Crippen molar-refractivity contribution in [1.29, 1.82) is 0 Å². The number of rotatable bonds is 1. The lowest BCUT2D eigenvalue weighted by molar-refractivity contribution is 0.893. The van der Waals surface area contributed by atoms with Gasteiger partial charge in [0.05, 0.1) is 5.69 Å². The van der Waals surface area contributed by atoms with Crippen LogP contribution < -0.4 is 5.56 Å². The van der Waals surface area contributed by atoms with E-state index in [4.69, 9.17) is 0 Å². The zero-order valence-electron chi connectivity index (χ0n) is 7.06. The van der Waals surface area contributed by atoms with E-state index in [2.05, 4.69) is 15.2 Å². The predicted octanol–water partition coefficient (Wildman–Crippen LogP) is 0.264. The maximum absolute atomic E-state index is 10.7. The first-order chi connectivity index (χ1) is 6.25. The third-order valence-electron chi connectivity index (χ3n) is 1.64. The van der Waals surface area contributed by atoms with Gasteiger partial charge in [-0.1, -0.05) is 0 Å². The zero-order chi connectivity index (χ0) is 9.26. The second-order valence-corrected chi connectivity index (χ2v) is 2.70. The molecule has 0 aliphatic rings. The van der Waals surface area contributed by atoms with Crippen molar-refractivity contribution in [2.24, 2.45) is 0 Å². The number of aromatic amines is 1. The van der Waals surface area contributed by atoms with E-state index >= 15 is 0 Å². The van der Waals surface area contributed by atoms with E-state index in [-0.39, 0.29) is 5.56 Å². The van der Waals surface area contributed by atoms with E-state index < -0.39 is 0 Å². The number of nitrogens with one attached hydrogen (secondary N) is 1. The summed E-state index contributed by atoms with van der Waals surface area (Å²) in [5.74, 6) is 0.653. The lowest BCUT2D eigenvalue weighted by atomic mass is 10.5. The standard InChI is InChI=1S/C8H8N4O/c1-6-4-12(5-9-6)7-2-3-8(13)11-10-7/h2-5H,1H3,(H,11,13). The first-order valence-corrected chi connectivity index (χ1v) is 3.82. The Kier molecular flexibility index (Phi) is 1.70. The molecular formula is C8H8N4O. The predicted molar refractivity (Wildman–Crippen MR) is 46.7 cm³/mol. The van der Waals surface area contributed by atoms with Gasteiger partial charge in [0.25, 0.3) is 5.56 Å². The van der Waals surface area contributed by atoms with Gasteiger partial charge >= 0.3 is 0 Å². The Morgan fingerprint density at radius 2 is 2.31 bits per heavy atom. The second-order valence-electron chi connectivity index (χ2n) is 2.70. The Hall–Kier alpha value is -1.91. The lowest BCUT2D eigenvalue weighted by Crippen LogP contribution is -2.08. The second kappa shape index (κ2) is 2.85. The summed E-state index contributed by atoms with van der Waals surface area (Å²) in [5, 5.41) is 6.20. The molecule has 0 aromatic carbocycles. The number of aromatic nitrogens is 4. The molecule has 0 radical (unpaired) electrons. The van der Waals surface area contributed by atoms with Gasteiger partial charge in [0.1, 0.15) is 6.33 Å². The van der Waals surface area contributed by atoms with Crippen LogP contribution in [0.3, 0.4) is 0 Å². The molecule has 2 aromatic heterocycles. The Bertz CT molecular complexity index is 450. The molecule has 0 amide bonds. The smallest absolute Gasteiger partial charge is 0.264 e. The van der Waals surface area contributed by atoms with E-state index in [1.54, 1.807) is 17.0 Å². The molecule has 1 N–H and O–H groups in total. The molecule has 2 aromatic rings. The molecule has 66 valence electrons. The largest absolute Gasteiger partial charge is 0.289 e. The Labute approximate surface area is 74.1 Å². The van der Waals surface area contributed by atoms with Gasteiger partial charge in [0, 0.05) is 12.3 Å². The number of nitrogens with zero attached hydrogens (tertiary/aromatic N) is 3. The van der Waals surface area contributed by atoms with Crippen molar-refractivity contribution in [3.05, 3.63) is 40.7 Å². The number of aryl methyl sites for hydroxylation is 1. The van der Waals surface area contributed by atoms with E-state index in [0.29, 0.717) is 5.82 Å². The summed E-state index contributed by atoms with van der Waals surface area (Å²) in [6, 6.07) is 3.07. The summed E-state index contributed by atoms with van der Waals surface area (Å²) < 4.78 is 1.74. The van der Waals surface area contributed by atoms with Crippen LogP contribution in [0.25, 0.3) is 5.82 Å². The summed E-state index contributed by atoms with van der Waals surface area (Å²) in [6.45, 7) is 1.89. The van der Waals surface area contributed by atoms with Crippen LogP contribution in [0.15, 0.2) is 29.5 Å². The third kappa shape index (κ3) is 1.48. The summed E-state index contributed by atoms with van der Waals surface area (Å²) in [5.41, 5.74) is 0.702. The molecule has 0 aliphatic carbocycles. The fraction of sp³-hybridized carbons (Fsp3) is 0.125. The van der Waals surface area contributed by atoms with Crippen LogP contribution in [0.1, 0.15) is 5.69 Å². The highest BCUT2D eigenvalue weighted by Crippen LogP contribution is 2.01. The van der Waals surface area contributed by atoms with Crippen molar-refractivity contribution in [2.45, 2.75) is 6.92 Å². The van der Waals surface area contributed by atoms with Gasteiger partial charge in [-0.25, -0.2) is 10.1 Å². The molecule has 0 saturated heterocycles. The molecule has 0 spiro atoms. The summed E-state index contributed by atoms with van der Waals surface area (Å²) in [6.07, 6.45) is 3.48. The lowest BCUT2D eigenvalue weighted by Gasteiger charge is -1.96. The molecule has 0 fully saturated rings. The highest BCUT2D eigenvalue weighted by Gasteiger charge is 1.97. The van der Waals surface area contributed by atoms with Crippen LogP contribution in [-0.2, 0) is 0 Å². The van der Waals surface area contributed by atoms with Crippen LogP contribution in [0.4, 0.5) is 0 Å². The topological polar surface area (TPSA) is 63.6 Å². The molecule has 2 rings (SSSR count). The summed E-state index contributed by atoms with van der Waals surface area (Å²) >= 11 is 0. The Morgan fingerprint density at radius 1 is 1.46 bits per heavy atom. The number of H-pyrrole nitrogens is 1. The quantitative estimate of drug-likeness (QED) is 0.678. The first kappa shape index (κ1) is 7.72. The summed E-state index contributed by atoms with van der Waals surface area (Å²) in [4.78, 5) is 14.8. The zero-order valence-corrected chi connectivity index (χ0v) is 7.06. The van der Waals surface area contributed by atoms with Crippen LogP contribution in [0.5, 0.6) is 0 Å². The van der Waals surface area contributed by atoms with Gasteiger partial charge in [0.2, 0.25) is 0 Å². The molecule has 5 heteroatoms. The molecular weight excluding hydrogens is 168 g/mol. The maximum Gasteiger partial charge on any atom is 0.264 e. The van der Waals surface area contributed by atoms with Gasteiger partial charge in [-0.15, -0.1) is 0 Å². The Morgan fingerprint density at radius 3 is 2.85 bits per heavy atom. The number of imidazole rings is 1. The third-order valence-corrected chi connectivity index (χ3v) is 1.64. The fourth-order valence-corrected chi connectivity index (χ4v) is 1.03. The maximum atomic E-state index is 10.7. The first-order valence-electron chi connectivity index (χ1n) is 3.82. The molecule has 0 bridgehead atoms. The highest BCUT2D eigenvalue weighted by atomic mass is 16.1. The van der Waals surface area contributed by atoms with Crippen LogP contribution in [0, 0.1) is 6.92 Å². The van der Waals surface area contributed by atoms with Gasteiger partial charge in [-0.3, -0.25) is 9.36 Å². The average molecular weight is 176 g/mol. The molecule has 0 aliphatic heterocycles. The SMILES string of the molecule is Cc1cn(-c2ccc(=O)[nH]n2)cn1. The number of hydrogen-bond donors (Lipinski definition) is 1. The molecule has 13 heavy (non-hydrogen) atoms. The van der Waals surface area contributed by atoms with Crippen LogP contribution in [-0.4, -0.2) is 19.7 Å². The normalized spacial score (nSPS) is 10.2. The van der Waals surface area contributed by atoms with Crippen molar-refractivity contribution in [1.82, 2.24) is 19.7 Å². The average Bonchev–Trinajstić information content (AvgIpc) is 2.53. The molecule has 2 heterocycles. The molecule has 0 saturated carbocycles. The highest BCUT2D eigenvalue weighted by molar-refractivity contribution is 5.20. The fourth-order valence-electron chi connectivity index (χ4n) is 1.03. The van der Waals surface area contributed by atoms with Crippen molar-refractivity contribution >= 4 is 0 Å².